The molecule has 0 fully saturated rings. The molecule has 0 spiro atoms. The van der Waals surface area contributed by atoms with E-state index in [1.165, 1.54) is 5.56 Å². The van der Waals surface area contributed by atoms with Crippen molar-refractivity contribution in [2.75, 3.05) is 6.54 Å². The maximum atomic E-state index is 10.6. The second-order valence-corrected chi connectivity index (χ2v) is 6.37. The highest BCUT2D eigenvalue weighted by Gasteiger charge is 2.24. The Kier molecular flexibility index (Phi) is 5.16. The largest absolute Gasteiger partial charge is 0.387 e. The van der Waals surface area contributed by atoms with Crippen LogP contribution < -0.4 is 5.73 Å². The minimum Gasteiger partial charge on any atom is -0.387 e. The third-order valence-electron chi connectivity index (χ3n) is 3.36. The number of halogens is 1. The van der Waals surface area contributed by atoms with Crippen molar-refractivity contribution in [1.29, 1.82) is 0 Å². The van der Waals surface area contributed by atoms with Gasteiger partial charge in [0.15, 0.2) is 0 Å². The number of aliphatic hydroxyl groups is 1. The quantitative estimate of drug-likeness (QED) is 0.868. The first kappa shape index (κ1) is 14.7. The molecule has 0 aliphatic carbocycles. The molecule has 1 heterocycles. The first-order valence-electron chi connectivity index (χ1n) is 6.37. The third-order valence-corrected chi connectivity index (χ3v) is 4.92. The molecule has 2 rings (SSSR count). The van der Waals surface area contributed by atoms with E-state index in [-0.39, 0.29) is 5.92 Å². The normalized spacial score (nSPS) is 14.3. The summed E-state index contributed by atoms with van der Waals surface area (Å²) in [5.74, 6) is -0.0583. The molecule has 2 aromatic rings. The molecule has 0 aliphatic rings. The molecule has 2 unspecified atom stereocenters. The van der Waals surface area contributed by atoms with Gasteiger partial charge in [-0.05, 0) is 41.1 Å². The van der Waals surface area contributed by atoms with E-state index in [2.05, 4.69) is 28.9 Å². The van der Waals surface area contributed by atoms with E-state index in [4.69, 9.17) is 5.73 Å². The Morgan fingerprint density at radius 2 is 1.95 bits per heavy atom. The molecule has 2 nitrogen and oxygen atoms in total. The van der Waals surface area contributed by atoms with Crippen molar-refractivity contribution in [3.05, 3.63) is 56.2 Å². The van der Waals surface area contributed by atoms with E-state index in [1.54, 1.807) is 11.3 Å². The Hall–Kier alpha value is -0.680. The summed E-state index contributed by atoms with van der Waals surface area (Å²) in [6.45, 7) is 2.54. The van der Waals surface area contributed by atoms with Gasteiger partial charge in [-0.3, -0.25) is 0 Å². The topological polar surface area (TPSA) is 46.2 Å². The molecular weight excluding hydrogens is 322 g/mol. The highest BCUT2D eigenvalue weighted by Crippen LogP contribution is 2.35. The van der Waals surface area contributed by atoms with E-state index in [9.17, 15) is 5.11 Å². The molecule has 19 heavy (non-hydrogen) atoms. The molecule has 2 atom stereocenters. The van der Waals surface area contributed by atoms with E-state index in [0.717, 1.165) is 21.3 Å². The van der Waals surface area contributed by atoms with Crippen molar-refractivity contribution in [3.8, 4) is 0 Å². The van der Waals surface area contributed by atoms with Gasteiger partial charge in [-0.15, -0.1) is 11.3 Å². The fourth-order valence-corrected chi connectivity index (χ4v) is 3.55. The molecule has 1 aromatic carbocycles. The average molecular weight is 340 g/mol. The number of nitrogens with two attached hydrogens (primary N) is 1. The second-order valence-electron chi connectivity index (χ2n) is 4.50. The lowest BCUT2D eigenvalue weighted by Crippen LogP contribution is -2.20. The number of benzene rings is 1. The van der Waals surface area contributed by atoms with Crippen molar-refractivity contribution >= 4 is 27.3 Å². The standard InChI is InChI=1S/C15H18BrNOS/c1-2-10-7-8-19-15(10)14(18)13(9-17)11-3-5-12(16)6-4-11/h3-8,13-14,18H,2,9,17H2,1H3. The highest BCUT2D eigenvalue weighted by atomic mass is 79.9. The molecule has 0 saturated heterocycles. The van der Waals surface area contributed by atoms with Gasteiger partial charge < -0.3 is 10.8 Å². The van der Waals surface area contributed by atoms with E-state index in [0.29, 0.717) is 6.54 Å². The highest BCUT2D eigenvalue weighted by molar-refractivity contribution is 9.10. The van der Waals surface area contributed by atoms with Crippen LogP contribution >= 0.6 is 27.3 Å². The monoisotopic (exact) mass is 339 g/mol. The summed E-state index contributed by atoms with van der Waals surface area (Å²) in [6.07, 6.45) is 0.411. The molecule has 102 valence electrons. The molecule has 0 aliphatic heterocycles. The van der Waals surface area contributed by atoms with Crippen molar-refractivity contribution in [1.82, 2.24) is 0 Å². The minimum atomic E-state index is -0.527. The van der Waals surface area contributed by atoms with Crippen LogP contribution in [0, 0.1) is 0 Å². The Bertz CT molecular complexity index is 523. The third kappa shape index (κ3) is 3.26. The lowest BCUT2D eigenvalue weighted by atomic mass is 9.91. The van der Waals surface area contributed by atoms with Crippen molar-refractivity contribution in [2.45, 2.75) is 25.4 Å². The van der Waals surface area contributed by atoms with Gasteiger partial charge in [0, 0.05) is 21.8 Å². The maximum absolute atomic E-state index is 10.6. The van der Waals surface area contributed by atoms with Crippen LogP contribution in [0.3, 0.4) is 0 Å². The number of aryl methyl sites for hydroxylation is 1. The Balaban J connectivity index is 2.29. The molecule has 0 bridgehead atoms. The summed E-state index contributed by atoms with van der Waals surface area (Å²) in [5, 5.41) is 12.7. The fourth-order valence-electron chi connectivity index (χ4n) is 2.24. The molecule has 1 aromatic heterocycles. The van der Waals surface area contributed by atoms with Crippen molar-refractivity contribution < 1.29 is 5.11 Å². The predicted molar refractivity (Wildman–Crippen MR) is 84.6 cm³/mol. The fraction of sp³-hybridized carbons (Fsp3) is 0.333. The summed E-state index contributed by atoms with van der Waals surface area (Å²) in [7, 11) is 0. The van der Waals surface area contributed by atoms with Crippen LogP contribution in [0.25, 0.3) is 0 Å². The van der Waals surface area contributed by atoms with Gasteiger partial charge in [0.05, 0.1) is 6.10 Å². The molecule has 0 radical (unpaired) electrons. The van der Waals surface area contributed by atoms with Crippen LogP contribution in [0.1, 0.15) is 34.9 Å². The van der Waals surface area contributed by atoms with Crippen LogP contribution in [0.5, 0.6) is 0 Å². The van der Waals surface area contributed by atoms with Gasteiger partial charge in [-0.2, -0.15) is 0 Å². The second kappa shape index (κ2) is 6.66. The van der Waals surface area contributed by atoms with Crippen LogP contribution in [0.2, 0.25) is 0 Å². The summed E-state index contributed by atoms with van der Waals surface area (Å²) in [6, 6.07) is 10.1. The average Bonchev–Trinajstić information content (AvgIpc) is 2.90. The summed E-state index contributed by atoms with van der Waals surface area (Å²) >= 11 is 5.03. The zero-order valence-electron chi connectivity index (χ0n) is 10.8. The Morgan fingerprint density at radius 1 is 1.26 bits per heavy atom. The lowest BCUT2D eigenvalue weighted by molar-refractivity contribution is 0.150. The van der Waals surface area contributed by atoms with Crippen LogP contribution in [-0.2, 0) is 6.42 Å². The lowest BCUT2D eigenvalue weighted by Gasteiger charge is -2.22. The van der Waals surface area contributed by atoms with Gasteiger partial charge >= 0.3 is 0 Å². The predicted octanol–water partition coefficient (Wildman–Crippen LogP) is 3.85. The number of thiophene rings is 1. The first-order chi connectivity index (χ1) is 9.17. The van der Waals surface area contributed by atoms with Gasteiger partial charge in [0.2, 0.25) is 0 Å². The molecular formula is C15H18BrNOS. The SMILES string of the molecule is CCc1ccsc1C(O)C(CN)c1ccc(Br)cc1. The van der Waals surface area contributed by atoms with E-state index in [1.807, 2.05) is 29.6 Å². The number of hydrogen-bond acceptors (Lipinski definition) is 3. The Morgan fingerprint density at radius 3 is 2.53 bits per heavy atom. The summed E-state index contributed by atoms with van der Waals surface area (Å²) in [5.41, 5.74) is 8.17. The first-order valence-corrected chi connectivity index (χ1v) is 8.04. The van der Waals surface area contributed by atoms with Crippen molar-refractivity contribution in [3.63, 3.8) is 0 Å². The summed E-state index contributed by atoms with van der Waals surface area (Å²) < 4.78 is 1.03. The van der Waals surface area contributed by atoms with E-state index < -0.39 is 6.10 Å². The smallest absolute Gasteiger partial charge is 0.0965 e. The van der Waals surface area contributed by atoms with Crippen molar-refractivity contribution in [2.24, 2.45) is 5.73 Å². The Labute approximate surface area is 126 Å². The van der Waals surface area contributed by atoms with Crippen LogP contribution in [0.15, 0.2) is 40.2 Å². The minimum absolute atomic E-state index is 0.0583. The van der Waals surface area contributed by atoms with Crippen LogP contribution in [0.4, 0.5) is 0 Å². The zero-order chi connectivity index (χ0) is 13.8. The number of rotatable bonds is 5. The van der Waals surface area contributed by atoms with Gasteiger partial charge in [0.1, 0.15) is 0 Å². The van der Waals surface area contributed by atoms with Gasteiger partial charge in [-0.25, -0.2) is 0 Å². The summed E-state index contributed by atoms with van der Waals surface area (Å²) in [4.78, 5) is 1.04. The zero-order valence-corrected chi connectivity index (χ0v) is 13.2. The van der Waals surface area contributed by atoms with Gasteiger partial charge in [0.25, 0.3) is 0 Å². The maximum Gasteiger partial charge on any atom is 0.0965 e. The molecule has 4 heteroatoms. The molecule has 3 N–H and O–H groups in total. The molecule has 0 amide bonds. The molecule has 0 saturated carbocycles. The number of hydrogen-bond donors (Lipinski definition) is 2. The number of aliphatic hydroxyl groups excluding tert-OH is 1. The van der Waals surface area contributed by atoms with Gasteiger partial charge in [-0.1, -0.05) is 35.0 Å². The van der Waals surface area contributed by atoms with E-state index >= 15 is 0 Å². The van der Waals surface area contributed by atoms with Crippen LogP contribution in [-0.4, -0.2) is 11.7 Å².